The van der Waals surface area contributed by atoms with E-state index >= 15 is 0 Å². The lowest BCUT2D eigenvalue weighted by Gasteiger charge is -2.32. The van der Waals surface area contributed by atoms with Gasteiger partial charge in [-0.2, -0.15) is 0 Å². The minimum Gasteiger partial charge on any atom is -0.369 e. The molecule has 0 spiro atoms. The fourth-order valence-corrected chi connectivity index (χ4v) is 4.01. The molecule has 1 aliphatic rings. The molecule has 7 heteroatoms. The number of carbonyl (C=O) groups excluding carboxylic acids is 1. The van der Waals surface area contributed by atoms with E-state index in [9.17, 15) is 4.79 Å². The van der Waals surface area contributed by atoms with E-state index in [1.165, 1.54) is 0 Å². The Morgan fingerprint density at radius 2 is 1.68 bits per heavy atom. The summed E-state index contributed by atoms with van der Waals surface area (Å²) in [6, 6.07) is 10.7. The zero-order chi connectivity index (χ0) is 22.4. The summed E-state index contributed by atoms with van der Waals surface area (Å²) in [6.07, 6.45) is 1.59. The molecule has 31 heavy (non-hydrogen) atoms. The SMILES string of the molecule is CC(C)N(CCNc1cc(-c2ccc(C(=O)N3CCN(C)CC3)cc2)ncn1)C(C)C. The van der Waals surface area contributed by atoms with Crippen LogP contribution in [0.2, 0.25) is 0 Å². The molecule has 1 fully saturated rings. The molecule has 0 saturated carbocycles. The van der Waals surface area contributed by atoms with E-state index < -0.39 is 0 Å². The molecule has 2 aromatic rings. The number of anilines is 1. The largest absolute Gasteiger partial charge is 0.369 e. The second kappa shape index (κ2) is 10.7. The lowest BCUT2D eigenvalue weighted by molar-refractivity contribution is 0.0664. The fraction of sp³-hybridized carbons (Fsp3) is 0.542. The van der Waals surface area contributed by atoms with Gasteiger partial charge in [-0.25, -0.2) is 9.97 Å². The van der Waals surface area contributed by atoms with Crippen LogP contribution >= 0.6 is 0 Å². The van der Waals surface area contributed by atoms with Gasteiger partial charge in [-0.05, 0) is 46.9 Å². The van der Waals surface area contributed by atoms with Crippen LogP contribution in [-0.2, 0) is 0 Å². The molecular weight excluding hydrogens is 388 g/mol. The monoisotopic (exact) mass is 424 g/mol. The number of aromatic nitrogens is 2. The van der Waals surface area contributed by atoms with E-state index in [1.54, 1.807) is 6.33 Å². The van der Waals surface area contributed by atoms with Crippen molar-refractivity contribution < 1.29 is 4.79 Å². The van der Waals surface area contributed by atoms with Crippen molar-refractivity contribution in [1.29, 1.82) is 0 Å². The van der Waals surface area contributed by atoms with Crippen LogP contribution in [0.4, 0.5) is 5.82 Å². The molecule has 7 nitrogen and oxygen atoms in total. The topological polar surface area (TPSA) is 64.6 Å². The van der Waals surface area contributed by atoms with Crippen LogP contribution in [0.5, 0.6) is 0 Å². The maximum atomic E-state index is 12.7. The third-order valence-electron chi connectivity index (χ3n) is 5.89. The number of hydrogen-bond acceptors (Lipinski definition) is 6. The summed E-state index contributed by atoms with van der Waals surface area (Å²) in [5, 5.41) is 3.41. The average molecular weight is 425 g/mol. The zero-order valence-corrected chi connectivity index (χ0v) is 19.5. The van der Waals surface area contributed by atoms with E-state index in [-0.39, 0.29) is 5.91 Å². The van der Waals surface area contributed by atoms with Crippen molar-refractivity contribution >= 4 is 11.7 Å². The molecule has 1 aromatic carbocycles. The first-order valence-electron chi connectivity index (χ1n) is 11.2. The van der Waals surface area contributed by atoms with Crippen molar-refractivity contribution in [2.75, 3.05) is 51.6 Å². The molecule has 0 atom stereocenters. The molecule has 1 aromatic heterocycles. The highest BCUT2D eigenvalue weighted by molar-refractivity contribution is 5.94. The fourth-order valence-electron chi connectivity index (χ4n) is 4.01. The molecule has 0 radical (unpaired) electrons. The van der Waals surface area contributed by atoms with Gasteiger partial charge in [0.2, 0.25) is 0 Å². The number of piperazine rings is 1. The minimum absolute atomic E-state index is 0.101. The maximum Gasteiger partial charge on any atom is 0.253 e. The third-order valence-corrected chi connectivity index (χ3v) is 5.89. The van der Waals surface area contributed by atoms with Crippen molar-refractivity contribution in [3.63, 3.8) is 0 Å². The number of likely N-dealkylation sites (N-methyl/N-ethyl adjacent to an activating group) is 1. The van der Waals surface area contributed by atoms with Crippen LogP contribution in [-0.4, -0.2) is 89.0 Å². The highest BCUT2D eigenvalue weighted by Gasteiger charge is 2.20. The van der Waals surface area contributed by atoms with Crippen molar-refractivity contribution in [1.82, 2.24) is 24.7 Å². The molecule has 1 aliphatic heterocycles. The number of nitrogens with one attached hydrogen (secondary N) is 1. The smallest absolute Gasteiger partial charge is 0.253 e. The van der Waals surface area contributed by atoms with Crippen LogP contribution in [0, 0.1) is 0 Å². The molecule has 1 saturated heterocycles. The zero-order valence-electron chi connectivity index (χ0n) is 19.5. The van der Waals surface area contributed by atoms with Gasteiger partial charge in [-0.15, -0.1) is 0 Å². The summed E-state index contributed by atoms with van der Waals surface area (Å²) >= 11 is 0. The van der Waals surface area contributed by atoms with Gasteiger partial charge in [0.05, 0.1) is 5.69 Å². The number of nitrogens with zero attached hydrogens (tertiary/aromatic N) is 5. The third kappa shape index (κ3) is 6.24. The summed E-state index contributed by atoms with van der Waals surface area (Å²) in [5.41, 5.74) is 2.55. The Bertz CT molecular complexity index is 835. The number of rotatable bonds is 8. The first kappa shape index (κ1) is 23.2. The highest BCUT2D eigenvalue weighted by Crippen LogP contribution is 2.20. The van der Waals surface area contributed by atoms with Gasteiger partial charge in [0.15, 0.2) is 0 Å². The first-order valence-corrected chi connectivity index (χ1v) is 11.2. The van der Waals surface area contributed by atoms with Gasteiger partial charge in [0, 0.05) is 68.5 Å². The quantitative estimate of drug-likeness (QED) is 0.703. The lowest BCUT2D eigenvalue weighted by Crippen LogP contribution is -2.47. The van der Waals surface area contributed by atoms with E-state index in [0.717, 1.165) is 61.9 Å². The van der Waals surface area contributed by atoms with E-state index in [1.807, 2.05) is 35.2 Å². The number of hydrogen-bond donors (Lipinski definition) is 1. The summed E-state index contributed by atoms with van der Waals surface area (Å²) in [4.78, 5) is 28.2. The van der Waals surface area contributed by atoms with Crippen molar-refractivity contribution in [2.45, 2.75) is 39.8 Å². The molecule has 3 rings (SSSR count). The number of carbonyl (C=O) groups is 1. The highest BCUT2D eigenvalue weighted by atomic mass is 16.2. The molecule has 1 amide bonds. The number of amides is 1. The van der Waals surface area contributed by atoms with E-state index in [4.69, 9.17) is 0 Å². The summed E-state index contributed by atoms with van der Waals surface area (Å²) in [5.74, 6) is 0.916. The van der Waals surface area contributed by atoms with Crippen molar-refractivity contribution in [3.05, 3.63) is 42.2 Å². The molecular formula is C24H36N6O. The second-order valence-corrected chi connectivity index (χ2v) is 8.81. The molecule has 0 unspecified atom stereocenters. The van der Waals surface area contributed by atoms with Crippen molar-refractivity contribution in [3.8, 4) is 11.3 Å². The Labute approximate surface area is 186 Å². The Morgan fingerprint density at radius 1 is 1.03 bits per heavy atom. The predicted molar refractivity (Wildman–Crippen MR) is 126 cm³/mol. The summed E-state index contributed by atoms with van der Waals surface area (Å²) < 4.78 is 0. The van der Waals surface area contributed by atoms with Gasteiger partial charge in [0.1, 0.15) is 12.1 Å². The van der Waals surface area contributed by atoms with Gasteiger partial charge < -0.3 is 15.1 Å². The van der Waals surface area contributed by atoms with E-state index in [2.05, 4.69) is 59.8 Å². The first-order chi connectivity index (χ1) is 14.8. The Morgan fingerprint density at radius 3 is 2.29 bits per heavy atom. The Hall–Kier alpha value is -2.51. The number of benzene rings is 1. The second-order valence-electron chi connectivity index (χ2n) is 8.81. The normalized spacial score (nSPS) is 15.2. The molecule has 2 heterocycles. The van der Waals surface area contributed by atoms with Crippen LogP contribution in [0.15, 0.2) is 36.7 Å². The van der Waals surface area contributed by atoms with Crippen LogP contribution in [0.3, 0.4) is 0 Å². The maximum absolute atomic E-state index is 12.7. The van der Waals surface area contributed by atoms with Crippen molar-refractivity contribution in [2.24, 2.45) is 0 Å². The standard InChI is InChI=1S/C24H36N6O/c1-18(2)30(19(3)4)11-10-25-23-16-22(26-17-27-23)20-6-8-21(9-7-20)24(31)29-14-12-28(5)13-15-29/h6-9,16-19H,10-15H2,1-5H3,(H,25,26,27). The Kier molecular flexibility index (Phi) is 7.98. The van der Waals surface area contributed by atoms with Crippen LogP contribution in [0.1, 0.15) is 38.1 Å². The van der Waals surface area contributed by atoms with Gasteiger partial charge in [-0.1, -0.05) is 12.1 Å². The van der Waals surface area contributed by atoms with Crippen LogP contribution in [0.25, 0.3) is 11.3 Å². The van der Waals surface area contributed by atoms with Crippen LogP contribution < -0.4 is 5.32 Å². The van der Waals surface area contributed by atoms with E-state index in [0.29, 0.717) is 12.1 Å². The average Bonchev–Trinajstić information content (AvgIpc) is 2.76. The Balaban J connectivity index is 1.61. The summed E-state index contributed by atoms with van der Waals surface area (Å²) in [7, 11) is 2.09. The van der Waals surface area contributed by atoms with Gasteiger partial charge in [0.25, 0.3) is 5.91 Å². The minimum atomic E-state index is 0.101. The molecule has 1 N–H and O–H groups in total. The van der Waals surface area contributed by atoms with Gasteiger partial charge >= 0.3 is 0 Å². The molecule has 168 valence electrons. The van der Waals surface area contributed by atoms with Gasteiger partial charge in [-0.3, -0.25) is 9.69 Å². The summed E-state index contributed by atoms with van der Waals surface area (Å²) in [6.45, 7) is 14.1. The molecule has 0 aliphatic carbocycles. The lowest BCUT2D eigenvalue weighted by atomic mass is 10.1. The predicted octanol–water partition coefficient (Wildman–Crippen LogP) is 3.06. The molecule has 0 bridgehead atoms.